The van der Waals surface area contributed by atoms with Gasteiger partial charge in [-0.25, -0.2) is 0 Å². The molecule has 0 radical (unpaired) electrons. The SMILES string of the molecule is N[C@@H]1CCN(c2ccc(I)nn2)C1. The number of halogens is 1. The van der Waals surface area contributed by atoms with Gasteiger partial charge in [0.15, 0.2) is 5.82 Å². The van der Waals surface area contributed by atoms with Crippen LogP contribution in [0.2, 0.25) is 0 Å². The van der Waals surface area contributed by atoms with Crippen LogP contribution in [0.5, 0.6) is 0 Å². The number of nitrogens with two attached hydrogens (primary N) is 1. The van der Waals surface area contributed by atoms with Gasteiger partial charge in [0.25, 0.3) is 0 Å². The van der Waals surface area contributed by atoms with E-state index in [0.717, 1.165) is 29.0 Å². The van der Waals surface area contributed by atoms with Crippen molar-refractivity contribution in [3.8, 4) is 0 Å². The summed E-state index contributed by atoms with van der Waals surface area (Å²) in [6.07, 6.45) is 1.05. The molecular weight excluding hydrogens is 279 g/mol. The molecule has 1 saturated heterocycles. The number of hydrogen-bond donors (Lipinski definition) is 1. The molecule has 4 nitrogen and oxygen atoms in total. The number of hydrogen-bond acceptors (Lipinski definition) is 4. The van der Waals surface area contributed by atoms with Gasteiger partial charge in [0.1, 0.15) is 3.70 Å². The summed E-state index contributed by atoms with van der Waals surface area (Å²) in [4.78, 5) is 2.17. The molecule has 0 unspecified atom stereocenters. The average molecular weight is 290 g/mol. The molecule has 1 aliphatic rings. The smallest absolute Gasteiger partial charge is 0.151 e. The van der Waals surface area contributed by atoms with Crippen molar-refractivity contribution >= 4 is 28.4 Å². The standard InChI is InChI=1S/C8H11IN4/c9-7-1-2-8(12-11-7)13-4-3-6(10)5-13/h1-2,6H,3-5,10H2/t6-/m1/s1. The molecule has 0 amide bonds. The highest BCUT2D eigenvalue weighted by atomic mass is 127. The van der Waals surface area contributed by atoms with Gasteiger partial charge in [0.2, 0.25) is 0 Å². The van der Waals surface area contributed by atoms with Crippen LogP contribution < -0.4 is 10.6 Å². The largest absolute Gasteiger partial charge is 0.354 e. The van der Waals surface area contributed by atoms with Gasteiger partial charge in [0, 0.05) is 19.1 Å². The molecule has 1 atom stereocenters. The Bertz CT molecular complexity index is 287. The molecule has 5 heteroatoms. The van der Waals surface area contributed by atoms with Gasteiger partial charge >= 0.3 is 0 Å². The van der Waals surface area contributed by atoms with Crippen LogP contribution in [0.4, 0.5) is 5.82 Å². The van der Waals surface area contributed by atoms with Gasteiger partial charge in [-0.05, 0) is 41.1 Å². The van der Waals surface area contributed by atoms with E-state index in [1.54, 1.807) is 0 Å². The van der Waals surface area contributed by atoms with Crippen molar-refractivity contribution in [1.82, 2.24) is 10.2 Å². The molecule has 1 aliphatic heterocycles. The van der Waals surface area contributed by atoms with Gasteiger partial charge in [-0.15, -0.1) is 10.2 Å². The first-order chi connectivity index (χ1) is 6.25. The van der Waals surface area contributed by atoms with Crippen molar-refractivity contribution in [2.45, 2.75) is 12.5 Å². The Kier molecular flexibility index (Phi) is 2.63. The zero-order valence-electron chi connectivity index (χ0n) is 7.15. The van der Waals surface area contributed by atoms with Crippen LogP contribution in [0.25, 0.3) is 0 Å². The van der Waals surface area contributed by atoms with Crippen molar-refractivity contribution in [2.24, 2.45) is 5.73 Å². The Morgan fingerprint density at radius 1 is 1.46 bits per heavy atom. The molecule has 2 heterocycles. The zero-order chi connectivity index (χ0) is 9.26. The molecule has 0 aromatic carbocycles. The molecule has 1 aromatic rings. The quantitative estimate of drug-likeness (QED) is 0.770. The lowest BCUT2D eigenvalue weighted by Gasteiger charge is -2.15. The fourth-order valence-corrected chi connectivity index (χ4v) is 1.76. The van der Waals surface area contributed by atoms with Crippen LogP contribution in [0.1, 0.15) is 6.42 Å². The molecule has 2 N–H and O–H groups in total. The van der Waals surface area contributed by atoms with Gasteiger partial charge in [-0.3, -0.25) is 0 Å². The summed E-state index contributed by atoms with van der Waals surface area (Å²) in [6.45, 7) is 1.89. The highest BCUT2D eigenvalue weighted by molar-refractivity contribution is 14.1. The van der Waals surface area contributed by atoms with Crippen molar-refractivity contribution < 1.29 is 0 Å². The van der Waals surface area contributed by atoms with Crippen LogP contribution in [-0.2, 0) is 0 Å². The van der Waals surface area contributed by atoms with Gasteiger partial charge in [0.05, 0.1) is 0 Å². The predicted octanol–water partition coefficient (Wildman–Crippen LogP) is 0.619. The number of nitrogens with zero attached hydrogens (tertiary/aromatic N) is 3. The number of anilines is 1. The van der Waals surface area contributed by atoms with Gasteiger partial charge in [-0.2, -0.15) is 0 Å². The van der Waals surface area contributed by atoms with Crippen molar-refractivity contribution in [3.05, 3.63) is 15.8 Å². The summed E-state index contributed by atoms with van der Waals surface area (Å²) in [7, 11) is 0. The minimum absolute atomic E-state index is 0.293. The Hall–Kier alpha value is -0.430. The van der Waals surface area contributed by atoms with Crippen LogP contribution in [-0.4, -0.2) is 29.3 Å². The van der Waals surface area contributed by atoms with E-state index >= 15 is 0 Å². The van der Waals surface area contributed by atoms with E-state index in [4.69, 9.17) is 5.73 Å². The third-order valence-corrected chi connectivity index (χ3v) is 2.74. The van der Waals surface area contributed by atoms with E-state index in [1.807, 2.05) is 12.1 Å². The van der Waals surface area contributed by atoms with Crippen LogP contribution in [0.15, 0.2) is 12.1 Å². The van der Waals surface area contributed by atoms with Crippen LogP contribution in [0, 0.1) is 3.70 Å². The summed E-state index contributed by atoms with van der Waals surface area (Å²) in [6, 6.07) is 4.25. The third kappa shape index (κ3) is 2.08. The molecule has 0 spiro atoms. The lowest BCUT2D eigenvalue weighted by molar-refractivity contribution is 0.750. The van der Waals surface area contributed by atoms with E-state index in [2.05, 4.69) is 37.7 Å². The second-order valence-corrected chi connectivity index (χ2v) is 4.31. The molecule has 2 rings (SSSR count). The highest BCUT2D eigenvalue weighted by Crippen LogP contribution is 2.16. The maximum Gasteiger partial charge on any atom is 0.151 e. The Morgan fingerprint density at radius 2 is 2.31 bits per heavy atom. The zero-order valence-corrected chi connectivity index (χ0v) is 9.31. The van der Waals surface area contributed by atoms with E-state index < -0.39 is 0 Å². The van der Waals surface area contributed by atoms with E-state index in [-0.39, 0.29) is 0 Å². The predicted molar refractivity (Wildman–Crippen MR) is 59.6 cm³/mol. The first-order valence-corrected chi connectivity index (χ1v) is 5.33. The van der Waals surface area contributed by atoms with Crippen LogP contribution in [0.3, 0.4) is 0 Å². The summed E-state index contributed by atoms with van der Waals surface area (Å²) in [5.74, 6) is 0.938. The summed E-state index contributed by atoms with van der Waals surface area (Å²) in [5, 5.41) is 8.11. The molecule has 0 aliphatic carbocycles. The maximum atomic E-state index is 5.80. The Balaban J connectivity index is 2.13. The summed E-state index contributed by atoms with van der Waals surface area (Å²) in [5.41, 5.74) is 5.80. The monoisotopic (exact) mass is 290 g/mol. The fraction of sp³-hybridized carbons (Fsp3) is 0.500. The second kappa shape index (κ2) is 3.75. The lowest BCUT2D eigenvalue weighted by atomic mass is 10.3. The van der Waals surface area contributed by atoms with E-state index in [0.29, 0.717) is 6.04 Å². The normalized spacial score (nSPS) is 22.3. The molecule has 1 aromatic heterocycles. The van der Waals surface area contributed by atoms with Gasteiger partial charge < -0.3 is 10.6 Å². The molecule has 0 saturated carbocycles. The molecule has 13 heavy (non-hydrogen) atoms. The molecular formula is C8H11IN4. The minimum atomic E-state index is 0.293. The van der Waals surface area contributed by atoms with Crippen molar-refractivity contribution in [1.29, 1.82) is 0 Å². The lowest BCUT2D eigenvalue weighted by Crippen LogP contribution is -2.27. The summed E-state index contributed by atoms with van der Waals surface area (Å²) >= 11 is 2.15. The molecule has 1 fully saturated rings. The van der Waals surface area contributed by atoms with Crippen LogP contribution >= 0.6 is 22.6 Å². The number of aromatic nitrogens is 2. The average Bonchev–Trinajstić information content (AvgIpc) is 2.53. The van der Waals surface area contributed by atoms with E-state index in [9.17, 15) is 0 Å². The van der Waals surface area contributed by atoms with Crippen molar-refractivity contribution in [3.63, 3.8) is 0 Å². The molecule has 70 valence electrons. The van der Waals surface area contributed by atoms with Crippen molar-refractivity contribution in [2.75, 3.05) is 18.0 Å². The Morgan fingerprint density at radius 3 is 2.85 bits per heavy atom. The number of rotatable bonds is 1. The van der Waals surface area contributed by atoms with E-state index in [1.165, 1.54) is 0 Å². The maximum absolute atomic E-state index is 5.80. The first-order valence-electron chi connectivity index (χ1n) is 4.25. The highest BCUT2D eigenvalue weighted by Gasteiger charge is 2.20. The third-order valence-electron chi connectivity index (χ3n) is 2.17. The fourth-order valence-electron chi connectivity index (χ4n) is 1.47. The minimum Gasteiger partial charge on any atom is -0.354 e. The topological polar surface area (TPSA) is 55.0 Å². The Labute approximate surface area is 90.7 Å². The molecule has 0 bridgehead atoms. The van der Waals surface area contributed by atoms with Gasteiger partial charge in [-0.1, -0.05) is 0 Å². The summed E-state index contributed by atoms with van der Waals surface area (Å²) < 4.78 is 0.921. The second-order valence-electron chi connectivity index (χ2n) is 3.21. The first kappa shape index (κ1) is 9.14.